The molecule has 0 atom stereocenters. The number of carbonyl (C=O) groups is 1. The average Bonchev–Trinajstić information content (AvgIpc) is 2.46. The molecule has 0 saturated carbocycles. The minimum atomic E-state index is -3.25. The zero-order valence-electron chi connectivity index (χ0n) is 11.8. The number of hydrogen-bond donors (Lipinski definition) is 1. The van der Waals surface area contributed by atoms with E-state index in [0.29, 0.717) is 24.3 Å². The van der Waals surface area contributed by atoms with E-state index in [1.165, 1.54) is 13.2 Å². The first-order valence-electron chi connectivity index (χ1n) is 6.46. The van der Waals surface area contributed by atoms with E-state index in [1.54, 1.807) is 18.2 Å². The molecule has 0 unspecified atom stereocenters. The highest BCUT2D eigenvalue weighted by atomic mass is 32.2. The van der Waals surface area contributed by atoms with Gasteiger partial charge in [0, 0.05) is 25.8 Å². The van der Waals surface area contributed by atoms with Crippen LogP contribution in [0.15, 0.2) is 24.3 Å². The summed E-state index contributed by atoms with van der Waals surface area (Å²) in [5, 5.41) is 11.3. The Morgan fingerprint density at radius 3 is 2.81 bits per heavy atom. The largest absolute Gasteiger partial charge is 0.385 e. The van der Waals surface area contributed by atoms with Crippen molar-refractivity contribution >= 4 is 21.4 Å². The number of nitrogens with one attached hydrogen (secondary N) is 1. The predicted molar refractivity (Wildman–Crippen MR) is 79.6 cm³/mol. The number of carbonyl (C=O) groups excluding carboxylic acids is 1. The third-order valence-corrected chi connectivity index (χ3v) is 4.46. The molecule has 1 amide bonds. The van der Waals surface area contributed by atoms with Crippen LogP contribution in [0.5, 0.6) is 0 Å². The van der Waals surface area contributed by atoms with Crippen molar-refractivity contribution in [1.82, 2.24) is 0 Å². The van der Waals surface area contributed by atoms with E-state index in [9.17, 15) is 13.2 Å². The van der Waals surface area contributed by atoms with E-state index in [0.717, 1.165) is 0 Å². The SMILES string of the molecule is COCCCS(=O)(=O)CCC(=O)Nc1cccc(C#N)c1. The summed E-state index contributed by atoms with van der Waals surface area (Å²) in [4.78, 5) is 11.7. The van der Waals surface area contributed by atoms with Gasteiger partial charge in [-0.05, 0) is 24.6 Å². The molecule has 114 valence electrons. The highest BCUT2D eigenvalue weighted by Crippen LogP contribution is 2.10. The van der Waals surface area contributed by atoms with Gasteiger partial charge in [-0.1, -0.05) is 6.07 Å². The van der Waals surface area contributed by atoms with Gasteiger partial charge >= 0.3 is 0 Å². The molecule has 0 aliphatic heterocycles. The van der Waals surface area contributed by atoms with Gasteiger partial charge < -0.3 is 10.1 Å². The van der Waals surface area contributed by atoms with Gasteiger partial charge in [-0.2, -0.15) is 5.26 Å². The van der Waals surface area contributed by atoms with Crippen molar-refractivity contribution in [2.75, 3.05) is 30.5 Å². The van der Waals surface area contributed by atoms with Crippen molar-refractivity contribution in [2.24, 2.45) is 0 Å². The molecule has 0 heterocycles. The van der Waals surface area contributed by atoms with Crippen LogP contribution < -0.4 is 5.32 Å². The van der Waals surface area contributed by atoms with Crippen molar-refractivity contribution in [3.05, 3.63) is 29.8 Å². The molecule has 0 saturated heterocycles. The first-order chi connectivity index (χ1) is 9.96. The lowest BCUT2D eigenvalue weighted by Gasteiger charge is -2.06. The monoisotopic (exact) mass is 310 g/mol. The summed E-state index contributed by atoms with van der Waals surface area (Å²) in [5.41, 5.74) is 0.913. The lowest BCUT2D eigenvalue weighted by atomic mass is 10.2. The van der Waals surface area contributed by atoms with E-state index in [2.05, 4.69) is 5.32 Å². The first kappa shape index (κ1) is 17.1. The second kappa shape index (κ2) is 8.39. The van der Waals surface area contributed by atoms with Gasteiger partial charge in [0.15, 0.2) is 9.84 Å². The lowest BCUT2D eigenvalue weighted by Crippen LogP contribution is -2.19. The number of hydrogen-bond acceptors (Lipinski definition) is 5. The molecular weight excluding hydrogens is 292 g/mol. The highest BCUT2D eigenvalue weighted by Gasteiger charge is 2.13. The number of anilines is 1. The Bertz CT molecular complexity index is 620. The average molecular weight is 310 g/mol. The molecule has 0 aromatic heterocycles. The molecule has 0 fully saturated rings. The quantitative estimate of drug-likeness (QED) is 0.731. The zero-order valence-corrected chi connectivity index (χ0v) is 12.6. The Hall–Kier alpha value is -1.91. The number of nitriles is 1. The number of ether oxygens (including phenoxy) is 1. The van der Waals surface area contributed by atoms with Crippen LogP contribution in [0.4, 0.5) is 5.69 Å². The fourth-order valence-corrected chi connectivity index (χ4v) is 2.92. The maximum Gasteiger partial charge on any atom is 0.225 e. The van der Waals surface area contributed by atoms with E-state index in [-0.39, 0.29) is 23.8 Å². The number of benzene rings is 1. The molecule has 1 aromatic carbocycles. The van der Waals surface area contributed by atoms with Crippen LogP contribution in [0.2, 0.25) is 0 Å². The van der Waals surface area contributed by atoms with Crippen LogP contribution in [0.25, 0.3) is 0 Å². The van der Waals surface area contributed by atoms with E-state index in [1.807, 2.05) is 6.07 Å². The van der Waals surface area contributed by atoms with Gasteiger partial charge in [-0.25, -0.2) is 8.42 Å². The third-order valence-electron chi connectivity index (χ3n) is 2.72. The molecule has 1 rings (SSSR count). The zero-order chi connectivity index (χ0) is 15.7. The third kappa shape index (κ3) is 6.88. The smallest absolute Gasteiger partial charge is 0.225 e. The molecule has 0 aliphatic carbocycles. The van der Waals surface area contributed by atoms with Crippen LogP contribution in [-0.2, 0) is 19.4 Å². The van der Waals surface area contributed by atoms with Gasteiger partial charge in [-0.3, -0.25) is 4.79 Å². The summed E-state index contributed by atoms with van der Waals surface area (Å²) < 4.78 is 28.2. The highest BCUT2D eigenvalue weighted by molar-refractivity contribution is 7.91. The van der Waals surface area contributed by atoms with Crippen LogP contribution in [0.1, 0.15) is 18.4 Å². The molecule has 0 radical (unpaired) electrons. The number of amides is 1. The number of nitrogens with zero attached hydrogens (tertiary/aromatic N) is 1. The molecule has 0 spiro atoms. The van der Waals surface area contributed by atoms with Crippen molar-refractivity contribution in [2.45, 2.75) is 12.8 Å². The molecule has 7 heteroatoms. The summed E-state index contributed by atoms with van der Waals surface area (Å²) in [7, 11) is -1.74. The molecule has 1 aromatic rings. The van der Waals surface area contributed by atoms with Crippen molar-refractivity contribution in [3.63, 3.8) is 0 Å². The van der Waals surface area contributed by atoms with Gasteiger partial charge in [0.05, 0.1) is 23.1 Å². The second-order valence-electron chi connectivity index (χ2n) is 4.49. The minimum absolute atomic E-state index is 0.0119. The number of rotatable bonds is 8. The fraction of sp³-hybridized carbons (Fsp3) is 0.429. The lowest BCUT2D eigenvalue weighted by molar-refractivity contribution is -0.115. The van der Waals surface area contributed by atoms with Crippen LogP contribution in [-0.4, -0.2) is 39.5 Å². The first-order valence-corrected chi connectivity index (χ1v) is 8.28. The van der Waals surface area contributed by atoms with Gasteiger partial charge in [0.25, 0.3) is 0 Å². The summed E-state index contributed by atoms with van der Waals surface area (Å²) in [6.07, 6.45) is 0.316. The fourth-order valence-electron chi connectivity index (χ4n) is 1.66. The molecule has 0 bridgehead atoms. The summed E-state index contributed by atoms with van der Waals surface area (Å²) in [6.45, 7) is 0.381. The molecule has 6 nitrogen and oxygen atoms in total. The van der Waals surface area contributed by atoms with Gasteiger partial charge in [0.2, 0.25) is 5.91 Å². The Kier molecular flexibility index (Phi) is 6.85. The van der Waals surface area contributed by atoms with Crippen LogP contribution >= 0.6 is 0 Å². The van der Waals surface area contributed by atoms with E-state index < -0.39 is 9.84 Å². The van der Waals surface area contributed by atoms with Gasteiger partial charge in [0.1, 0.15) is 0 Å². The van der Waals surface area contributed by atoms with Crippen molar-refractivity contribution in [1.29, 1.82) is 5.26 Å². The summed E-state index contributed by atoms with van der Waals surface area (Å²) in [6, 6.07) is 8.41. The number of methoxy groups -OCH3 is 1. The van der Waals surface area contributed by atoms with Crippen molar-refractivity contribution < 1.29 is 17.9 Å². The molecule has 1 N–H and O–H groups in total. The number of sulfone groups is 1. The normalized spacial score (nSPS) is 10.9. The molecular formula is C14H18N2O4S. The van der Waals surface area contributed by atoms with Gasteiger partial charge in [-0.15, -0.1) is 0 Å². The van der Waals surface area contributed by atoms with Crippen molar-refractivity contribution in [3.8, 4) is 6.07 Å². The molecule has 21 heavy (non-hydrogen) atoms. The topological polar surface area (TPSA) is 96.3 Å². The Morgan fingerprint density at radius 1 is 1.38 bits per heavy atom. The standard InChI is InChI=1S/C14H18N2O4S/c1-20-7-3-8-21(18,19)9-6-14(17)16-13-5-2-4-12(10-13)11-15/h2,4-5,10H,3,6-9H2,1H3,(H,16,17). The minimum Gasteiger partial charge on any atom is -0.385 e. The maximum absolute atomic E-state index is 11.7. The van der Waals surface area contributed by atoms with Crippen LogP contribution in [0.3, 0.4) is 0 Å². The Labute approximate surface area is 124 Å². The summed E-state index contributed by atoms with van der Waals surface area (Å²) in [5.74, 6) is -0.571. The van der Waals surface area contributed by atoms with Crippen LogP contribution in [0, 0.1) is 11.3 Å². The summed E-state index contributed by atoms with van der Waals surface area (Å²) >= 11 is 0. The molecule has 0 aliphatic rings. The predicted octanol–water partition coefficient (Wildman–Crippen LogP) is 1.34. The Morgan fingerprint density at radius 2 is 2.14 bits per heavy atom. The maximum atomic E-state index is 11.7. The van der Waals surface area contributed by atoms with E-state index >= 15 is 0 Å². The Balaban J connectivity index is 2.45. The second-order valence-corrected chi connectivity index (χ2v) is 6.79. The van der Waals surface area contributed by atoms with E-state index in [4.69, 9.17) is 10.00 Å².